The normalized spacial score (nSPS) is 11.3. The Labute approximate surface area is 151 Å². The molecule has 2 rings (SSSR count). The smallest absolute Gasteiger partial charge is 0.232 e. The molecule has 5 nitrogen and oxygen atoms in total. The molecule has 8 heteroatoms. The van der Waals surface area contributed by atoms with Gasteiger partial charge < -0.3 is 5.32 Å². The van der Waals surface area contributed by atoms with Crippen LogP contribution in [0, 0.1) is 25.5 Å². The Morgan fingerprint density at radius 2 is 1.73 bits per heavy atom. The third-order valence-electron chi connectivity index (χ3n) is 3.84. The number of nitrogens with one attached hydrogen (secondary N) is 1. The van der Waals surface area contributed by atoms with Gasteiger partial charge in [0.25, 0.3) is 0 Å². The number of sulfonamides is 1. The van der Waals surface area contributed by atoms with Crippen LogP contribution in [-0.4, -0.2) is 27.1 Å². The Kier molecular flexibility index (Phi) is 5.97. The number of carbonyl (C=O) groups is 1. The fourth-order valence-electron chi connectivity index (χ4n) is 2.65. The van der Waals surface area contributed by atoms with Gasteiger partial charge in [-0.25, -0.2) is 17.2 Å². The van der Waals surface area contributed by atoms with Crippen LogP contribution >= 0.6 is 0 Å². The summed E-state index contributed by atoms with van der Waals surface area (Å²) in [4.78, 5) is 12.1. The number of hydrogen-bond donors (Lipinski definition) is 1. The van der Waals surface area contributed by atoms with Crippen molar-refractivity contribution in [3.05, 3.63) is 59.2 Å². The summed E-state index contributed by atoms with van der Waals surface area (Å²) in [6, 6.07) is 8.19. The minimum Gasteiger partial charge on any atom is -0.324 e. The molecule has 0 saturated heterocycles. The fraction of sp³-hybridized carbons (Fsp3) is 0.278. The summed E-state index contributed by atoms with van der Waals surface area (Å²) in [7, 11) is -3.62. The standard InChI is InChI=1S/C18H20F2N2O3S/c1-12-5-4-6-13(2)18(12)22(26(3,24)25)10-9-17(23)21-16-8-7-14(19)11-15(16)20/h4-8,11H,9-10H2,1-3H3,(H,21,23). The molecule has 0 aliphatic carbocycles. The third kappa shape index (κ3) is 4.78. The molecule has 0 aliphatic rings. The fourth-order valence-corrected chi connectivity index (χ4v) is 3.69. The van der Waals surface area contributed by atoms with Crippen molar-refractivity contribution in [3.63, 3.8) is 0 Å². The molecule has 0 saturated carbocycles. The van der Waals surface area contributed by atoms with Crippen molar-refractivity contribution in [2.45, 2.75) is 20.3 Å². The van der Waals surface area contributed by atoms with Gasteiger partial charge in [-0.3, -0.25) is 9.10 Å². The van der Waals surface area contributed by atoms with Gasteiger partial charge in [-0.1, -0.05) is 18.2 Å². The third-order valence-corrected chi connectivity index (χ3v) is 5.00. The lowest BCUT2D eigenvalue weighted by atomic mass is 10.1. The average Bonchev–Trinajstić information content (AvgIpc) is 2.51. The van der Waals surface area contributed by atoms with Gasteiger partial charge in [0.2, 0.25) is 15.9 Å². The minimum absolute atomic E-state index is 0.0980. The lowest BCUT2D eigenvalue weighted by Gasteiger charge is -2.25. The van der Waals surface area contributed by atoms with E-state index in [2.05, 4.69) is 5.32 Å². The molecule has 0 aliphatic heterocycles. The number of para-hydroxylation sites is 1. The van der Waals surface area contributed by atoms with Crippen molar-refractivity contribution in [1.29, 1.82) is 0 Å². The van der Waals surface area contributed by atoms with E-state index in [1.54, 1.807) is 26.0 Å². The largest absolute Gasteiger partial charge is 0.324 e. The summed E-state index contributed by atoms with van der Waals surface area (Å²) in [5, 5.41) is 2.32. The van der Waals surface area contributed by atoms with Gasteiger partial charge in [0.05, 0.1) is 17.6 Å². The molecule has 140 valence electrons. The van der Waals surface area contributed by atoms with E-state index >= 15 is 0 Å². The molecule has 2 aromatic carbocycles. The van der Waals surface area contributed by atoms with Gasteiger partial charge in [0.15, 0.2) is 0 Å². The van der Waals surface area contributed by atoms with Crippen molar-refractivity contribution in [3.8, 4) is 0 Å². The number of anilines is 2. The highest BCUT2D eigenvalue weighted by Gasteiger charge is 2.22. The number of carbonyl (C=O) groups excluding carboxylic acids is 1. The summed E-state index contributed by atoms with van der Waals surface area (Å²) >= 11 is 0. The highest BCUT2D eigenvalue weighted by atomic mass is 32.2. The maximum absolute atomic E-state index is 13.6. The number of benzene rings is 2. The predicted molar refractivity (Wildman–Crippen MR) is 97.7 cm³/mol. The van der Waals surface area contributed by atoms with Crippen LogP contribution in [0.25, 0.3) is 0 Å². The predicted octanol–water partition coefficient (Wildman–Crippen LogP) is 3.38. The number of halogens is 2. The molecule has 0 bridgehead atoms. The zero-order chi connectivity index (χ0) is 19.5. The lowest BCUT2D eigenvalue weighted by molar-refractivity contribution is -0.116. The van der Waals surface area contributed by atoms with Crippen LogP contribution < -0.4 is 9.62 Å². The Hall–Kier alpha value is -2.48. The number of amides is 1. The monoisotopic (exact) mass is 382 g/mol. The molecule has 0 radical (unpaired) electrons. The van der Waals surface area contributed by atoms with E-state index in [4.69, 9.17) is 0 Å². The van der Waals surface area contributed by atoms with E-state index in [1.807, 2.05) is 6.07 Å². The van der Waals surface area contributed by atoms with Crippen LogP contribution in [0.4, 0.5) is 20.2 Å². The van der Waals surface area contributed by atoms with Gasteiger partial charge in [0, 0.05) is 19.0 Å². The first kappa shape index (κ1) is 19.8. The number of rotatable bonds is 6. The van der Waals surface area contributed by atoms with Crippen LogP contribution in [0.5, 0.6) is 0 Å². The molecule has 0 aromatic heterocycles. The Morgan fingerprint density at radius 3 is 2.27 bits per heavy atom. The molecule has 26 heavy (non-hydrogen) atoms. The van der Waals surface area contributed by atoms with Gasteiger partial charge in [-0.15, -0.1) is 0 Å². The summed E-state index contributed by atoms with van der Waals surface area (Å²) in [6.07, 6.45) is 0.883. The number of hydrogen-bond acceptors (Lipinski definition) is 3. The zero-order valence-electron chi connectivity index (χ0n) is 14.7. The Morgan fingerprint density at radius 1 is 1.12 bits per heavy atom. The van der Waals surface area contributed by atoms with E-state index in [0.717, 1.165) is 33.8 Å². The Bertz CT molecular complexity index is 910. The number of nitrogens with zero attached hydrogens (tertiary/aromatic N) is 1. The molecular formula is C18H20F2N2O3S. The average molecular weight is 382 g/mol. The molecule has 0 heterocycles. The van der Waals surface area contributed by atoms with Crippen LogP contribution in [0.2, 0.25) is 0 Å². The maximum Gasteiger partial charge on any atom is 0.232 e. The zero-order valence-corrected chi connectivity index (χ0v) is 15.5. The van der Waals surface area contributed by atoms with Crippen molar-refractivity contribution < 1.29 is 22.0 Å². The van der Waals surface area contributed by atoms with E-state index in [-0.39, 0.29) is 18.7 Å². The minimum atomic E-state index is -3.62. The van der Waals surface area contributed by atoms with Crippen LogP contribution in [-0.2, 0) is 14.8 Å². The van der Waals surface area contributed by atoms with E-state index < -0.39 is 27.6 Å². The molecule has 2 aromatic rings. The second kappa shape index (κ2) is 7.82. The van der Waals surface area contributed by atoms with E-state index in [9.17, 15) is 22.0 Å². The van der Waals surface area contributed by atoms with Crippen LogP contribution in [0.1, 0.15) is 17.5 Å². The first-order valence-electron chi connectivity index (χ1n) is 7.88. The van der Waals surface area contributed by atoms with Crippen molar-refractivity contribution in [1.82, 2.24) is 0 Å². The second-order valence-electron chi connectivity index (χ2n) is 6.00. The van der Waals surface area contributed by atoms with Crippen LogP contribution in [0.3, 0.4) is 0 Å². The quantitative estimate of drug-likeness (QED) is 0.833. The van der Waals surface area contributed by atoms with Gasteiger partial charge in [-0.2, -0.15) is 0 Å². The molecule has 0 unspecified atom stereocenters. The van der Waals surface area contributed by atoms with E-state index in [1.165, 1.54) is 0 Å². The maximum atomic E-state index is 13.6. The Balaban J connectivity index is 2.16. The molecule has 0 spiro atoms. The lowest BCUT2D eigenvalue weighted by Crippen LogP contribution is -2.34. The molecular weight excluding hydrogens is 362 g/mol. The topological polar surface area (TPSA) is 66.5 Å². The summed E-state index contributed by atoms with van der Waals surface area (Å²) in [6.45, 7) is 3.47. The second-order valence-corrected chi connectivity index (χ2v) is 7.90. The highest BCUT2D eigenvalue weighted by Crippen LogP contribution is 2.27. The van der Waals surface area contributed by atoms with Gasteiger partial charge in [0.1, 0.15) is 11.6 Å². The van der Waals surface area contributed by atoms with Crippen molar-refractivity contribution >= 4 is 27.3 Å². The van der Waals surface area contributed by atoms with Crippen molar-refractivity contribution in [2.75, 3.05) is 22.4 Å². The first-order chi connectivity index (χ1) is 12.1. The molecule has 1 N–H and O–H groups in total. The van der Waals surface area contributed by atoms with Gasteiger partial charge in [-0.05, 0) is 37.1 Å². The van der Waals surface area contributed by atoms with Gasteiger partial charge >= 0.3 is 0 Å². The molecule has 1 amide bonds. The number of aryl methyl sites for hydroxylation is 2. The summed E-state index contributed by atoms with van der Waals surface area (Å²) in [5.74, 6) is -2.22. The molecule has 0 fully saturated rings. The van der Waals surface area contributed by atoms with E-state index in [0.29, 0.717) is 11.8 Å². The highest BCUT2D eigenvalue weighted by molar-refractivity contribution is 7.92. The SMILES string of the molecule is Cc1cccc(C)c1N(CCC(=O)Nc1ccc(F)cc1F)S(C)(=O)=O. The van der Waals surface area contributed by atoms with Crippen LogP contribution in [0.15, 0.2) is 36.4 Å². The van der Waals surface area contributed by atoms with Crippen molar-refractivity contribution in [2.24, 2.45) is 0 Å². The summed E-state index contributed by atoms with van der Waals surface area (Å²) < 4.78 is 52.1. The molecule has 0 atom stereocenters. The first-order valence-corrected chi connectivity index (χ1v) is 9.73. The summed E-state index contributed by atoms with van der Waals surface area (Å²) in [5.41, 5.74) is 1.89.